The number of anilines is 2. The number of rotatable bonds is 5. The van der Waals surface area contributed by atoms with Gasteiger partial charge >= 0.3 is 0 Å². The Bertz CT molecular complexity index is 895. The zero-order valence-electron chi connectivity index (χ0n) is 15.7. The molecule has 144 valence electrons. The molecule has 0 radical (unpaired) electrons. The molecular weight excluding hydrogens is 360 g/mol. The highest BCUT2D eigenvalue weighted by molar-refractivity contribution is 7.91. The van der Waals surface area contributed by atoms with Gasteiger partial charge in [-0.2, -0.15) is 4.98 Å². The minimum atomic E-state index is -2.95. The summed E-state index contributed by atoms with van der Waals surface area (Å²) in [6.45, 7) is 4.75. The average Bonchev–Trinajstić information content (AvgIpc) is 3.33. The van der Waals surface area contributed by atoms with E-state index >= 15 is 0 Å². The van der Waals surface area contributed by atoms with E-state index in [1.54, 1.807) is 0 Å². The highest BCUT2D eigenvalue weighted by Crippen LogP contribution is 2.29. The number of aromatic nitrogens is 2. The van der Waals surface area contributed by atoms with Crippen LogP contribution in [0.4, 0.5) is 11.8 Å². The Balaban J connectivity index is 1.75. The topological polar surface area (TPSA) is 66.4 Å². The van der Waals surface area contributed by atoms with Crippen molar-refractivity contribution in [2.75, 3.05) is 40.9 Å². The molecule has 6 nitrogen and oxygen atoms in total. The lowest BCUT2D eigenvalue weighted by Gasteiger charge is -2.28. The van der Waals surface area contributed by atoms with E-state index in [1.807, 2.05) is 25.1 Å². The van der Waals surface area contributed by atoms with Crippen molar-refractivity contribution in [2.24, 2.45) is 0 Å². The summed E-state index contributed by atoms with van der Waals surface area (Å²) in [4.78, 5) is 14.1. The summed E-state index contributed by atoms with van der Waals surface area (Å²) in [5, 5.41) is 0. The molecule has 0 amide bonds. The largest absolute Gasteiger partial charge is 0.356 e. The van der Waals surface area contributed by atoms with Gasteiger partial charge in [-0.05, 0) is 26.2 Å². The summed E-state index contributed by atoms with van der Waals surface area (Å²) in [7, 11) is -2.95. The Kier molecular flexibility index (Phi) is 5.04. The molecule has 7 heteroatoms. The predicted octanol–water partition coefficient (Wildman–Crippen LogP) is 2.76. The molecule has 2 fully saturated rings. The van der Waals surface area contributed by atoms with E-state index in [-0.39, 0.29) is 17.5 Å². The second kappa shape index (κ2) is 7.46. The summed E-state index contributed by atoms with van der Waals surface area (Å²) in [6.07, 6.45) is 3.00. The predicted molar refractivity (Wildman–Crippen MR) is 109 cm³/mol. The molecule has 2 aromatic rings. The maximum Gasteiger partial charge on any atom is 0.228 e. The molecule has 27 heavy (non-hydrogen) atoms. The van der Waals surface area contributed by atoms with Crippen molar-refractivity contribution < 1.29 is 8.42 Å². The molecule has 1 aromatic heterocycles. The Morgan fingerprint density at radius 3 is 2.52 bits per heavy atom. The summed E-state index contributed by atoms with van der Waals surface area (Å²) < 4.78 is 24.0. The summed E-state index contributed by atoms with van der Waals surface area (Å²) in [6, 6.07) is 12.1. The molecule has 1 unspecified atom stereocenters. The average molecular weight is 387 g/mol. The Morgan fingerprint density at radius 2 is 1.89 bits per heavy atom. The first-order chi connectivity index (χ1) is 13.1. The molecule has 0 saturated carbocycles. The molecule has 0 spiro atoms. The second-order valence-corrected chi connectivity index (χ2v) is 9.54. The third kappa shape index (κ3) is 3.93. The highest BCUT2D eigenvalue weighted by atomic mass is 32.2. The van der Waals surface area contributed by atoms with E-state index in [0.717, 1.165) is 30.2 Å². The Morgan fingerprint density at radius 1 is 1.15 bits per heavy atom. The smallest absolute Gasteiger partial charge is 0.228 e. The van der Waals surface area contributed by atoms with Crippen LogP contribution in [0.3, 0.4) is 0 Å². The maximum absolute atomic E-state index is 12.0. The van der Waals surface area contributed by atoms with Gasteiger partial charge in [0.15, 0.2) is 9.84 Å². The van der Waals surface area contributed by atoms with Gasteiger partial charge in [0.25, 0.3) is 0 Å². The van der Waals surface area contributed by atoms with Gasteiger partial charge in [-0.15, -0.1) is 0 Å². The SMILES string of the molecule is CCN(c1nc(-c2ccccc2)cc(N2CCCC2)n1)C1CCS(=O)(=O)C1. The van der Waals surface area contributed by atoms with Crippen LogP contribution in [0.25, 0.3) is 11.3 Å². The van der Waals surface area contributed by atoms with Crippen LogP contribution in [-0.4, -0.2) is 55.6 Å². The summed E-state index contributed by atoms with van der Waals surface area (Å²) >= 11 is 0. The third-order valence-electron chi connectivity index (χ3n) is 5.45. The maximum atomic E-state index is 12.0. The number of hydrogen-bond acceptors (Lipinski definition) is 6. The lowest BCUT2D eigenvalue weighted by molar-refractivity contribution is 0.599. The minimum Gasteiger partial charge on any atom is -0.356 e. The molecule has 3 heterocycles. The van der Waals surface area contributed by atoms with Crippen molar-refractivity contribution in [3.63, 3.8) is 0 Å². The molecule has 2 aliphatic heterocycles. The van der Waals surface area contributed by atoms with Crippen LogP contribution < -0.4 is 9.80 Å². The van der Waals surface area contributed by atoms with E-state index < -0.39 is 9.84 Å². The second-order valence-electron chi connectivity index (χ2n) is 7.31. The van der Waals surface area contributed by atoms with E-state index in [9.17, 15) is 8.42 Å². The quantitative estimate of drug-likeness (QED) is 0.787. The van der Waals surface area contributed by atoms with Gasteiger partial charge in [-0.3, -0.25) is 0 Å². The first-order valence-electron chi connectivity index (χ1n) is 9.72. The van der Waals surface area contributed by atoms with E-state index in [1.165, 1.54) is 12.8 Å². The van der Waals surface area contributed by atoms with Crippen LogP contribution >= 0.6 is 0 Å². The van der Waals surface area contributed by atoms with Crippen molar-refractivity contribution >= 4 is 21.6 Å². The zero-order valence-corrected chi connectivity index (χ0v) is 16.5. The number of benzene rings is 1. The van der Waals surface area contributed by atoms with E-state index in [0.29, 0.717) is 18.9 Å². The minimum absolute atomic E-state index is 0.0440. The molecule has 0 aliphatic carbocycles. The number of sulfone groups is 1. The fourth-order valence-electron chi connectivity index (χ4n) is 4.00. The van der Waals surface area contributed by atoms with Gasteiger partial charge < -0.3 is 9.80 Å². The molecule has 0 bridgehead atoms. The fourth-order valence-corrected chi connectivity index (χ4v) is 5.73. The molecule has 2 saturated heterocycles. The first-order valence-corrected chi connectivity index (χ1v) is 11.5. The van der Waals surface area contributed by atoms with Gasteiger partial charge in [-0.25, -0.2) is 13.4 Å². The third-order valence-corrected chi connectivity index (χ3v) is 7.20. The lowest BCUT2D eigenvalue weighted by atomic mass is 10.1. The van der Waals surface area contributed by atoms with Crippen molar-refractivity contribution in [2.45, 2.75) is 32.2 Å². The lowest BCUT2D eigenvalue weighted by Crippen LogP contribution is -2.37. The number of nitrogens with zero attached hydrogens (tertiary/aromatic N) is 4. The first kappa shape index (κ1) is 18.2. The van der Waals surface area contributed by atoms with Gasteiger partial charge in [0.1, 0.15) is 5.82 Å². The Labute approximate surface area is 161 Å². The summed E-state index contributed by atoms with van der Waals surface area (Å²) in [5.74, 6) is 2.03. The summed E-state index contributed by atoms with van der Waals surface area (Å²) in [5.41, 5.74) is 1.94. The normalized spacial score (nSPS) is 21.5. The molecule has 4 rings (SSSR count). The standard InChI is InChI=1S/C20H26N4O2S/c1-2-24(17-10-13-27(25,26)15-17)20-21-18(16-8-4-3-5-9-16)14-19(22-20)23-11-6-7-12-23/h3-5,8-9,14,17H,2,6-7,10-13,15H2,1H3. The van der Waals surface area contributed by atoms with Crippen LogP contribution in [0.2, 0.25) is 0 Å². The van der Waals surface area contributed by atoms with E-state index in [4.69, 9.17) is 9.97 Å². The highest BCUT2D eigenvalue weighted by Gasteiger charge is 2.33. The molecule has 1 aromatic carbocycles. The van der Waals surface area contributed by atoms with Gasteiger partial charge in [0.05, 0.1) is 17.2 Å². The van der Waals surface area contributed by atoms with Crippen molar-refractivity contribution in [1.82, 2.24) is 9.97 Å². The van der Waals surface area contributed by atoms with Crippen molar-refractivity contribution in [3.05, 3.63) is 36.4 Å². The molecule has 0 N–H and O–H groups in total. The van der Waals surface area contributed by atoms with Crippen LogP contribution in [0.15, 0.2) is 36.4 Å². The van der Waals surface area contributed by atoms with Crippen LogP contribution in [0, 0.1) is 0 Å². The van der Waals surface area contributed by atoms with Crippen LogP contribution in [0.1, 0.15) is 26.2 Å². The monoisotopic (exact) mass is 386 g/mol. The number of hydrogen-bond donors (Lipinski definition) is 0. The van der Waals surface area contributed by atoms with Gasteiger partial charge in [0, 0.05) is 37.3 Å². The zero-order chi connectivity index (χ0) is 18.9. The van der Waals surface area contributed by atoms with Gasteiger partial charge in [0.2, 0.25) is 5.95 Å². The fraction of sp³-hybridized carbons (Fsp3) is 0.500. The van der Waals surface area contributed by atoms with Crippen molar-refractivity contribution in [3.8, 4) is 11.3 Å². The van der Waals surface area contributed by atoms with Crippen LogP contribution in [0.5, 0.6) is 0 Å². The molecule has 1 atom stereocenters. The van der Waals surface area contributed by atoms with Gasteiger partial charge in [-0.1, -0.05) is 30.3 Å². The molecular formula is C20H26N4O2S. The Hall–Kier alpha value is -2.15. The van der Waals surface area contributed by atoms with E-state index in [2.05, 4.69) is 28.0 Å². The van der Waals surface area contributed by atoms with Crippen LogP contribution in [-0.2, 0) is 9.84 Å². The molecule has 2 aliphatic rings. The van der Waals surface area contributed by atoms with Crippen molar-refractivity contribution in [1.29, 1.82) is 0 Å².